The molecule has 0 unspecified atom stereocenters. The van der Waals surface area contributed by atoms with Crippen molar-refractivity contribution >= 4 is 23.3 Å². The Morgan fingerprint density at radius 1 is 1.14 bits per heavy atom. The van der Waals surface area contributed by atoms with E-state index in [9.17, 15) is 10.1 Å². The van der Waals surface area contributed by atoms with Gasteiger partial charge in [-0.3, -0.25) is 10.1 Å². The van der Waals surface area contributed by atoms with Gasteiger partial charge in [0.05, 0.1) is 22.9 Å². The highest BCUT2D eigenvalue weighted by atomic mass is 32.2. The van der Waals surface area contributed by atoms with Gasteiger partial charge in [0.1, 0.15) is 11.5 Å². The fourth-order valence-corrected chi connectivity index (χ4v) is 3.45. The van der Waals surface area contributed by atoms with Gasteiger partial charge in [0.15, 0.2) is 0 Å². The van der Waals surface area contributed by atoms with Crippen molar-refractivity contribution in [3.63, 3.8) is 0 Å². The Bertz CT molecular complexity index is 946. The zero-order valence-electron chi connectivity index (χ0n) is 16.4. The monoisotopic (exact) mass is 413 g/mol. The number of nitrogens with one attached hydrogen (secondary N) is 1. The molecule has 0 aliphatic carbocycles. The van der Waals surface area contributed by atoms with E-state index in [0.717, 1.165) is 35.1 Å². The third-order valence-electron chi connectivity index (χ3n) is 4.01. The zero-order valence-corrected chi connectivity index (χ0v) is 17.2. The second-order valence-corrected chi connectivity index (χ2v) is 7.78. The molecule has 29 heavy (non-hydrogen) atoms. The Morgan fingerprint density at radius 3 is 2.62 bits per heavy atom. The third-order valence-corrected chi connectivity index (χ3v) is 4.99. The highest BCUT2D eigenvalue weighted by molar-refractivity contribution is 7.98. The fourth-order valence-electron chi connectivity index (χ4n) is 2.71. The maximum atomic E-state index is 11.4. The second kappa shape index (κ2) is 10.0. The van der Waals surface area contributed by atoms with Crippen molar-refractivity contribution in [2.75, 3.05) is 31.7 Å². The van der Waals surface area contributed by atoms with Crippen molar-refractivity contribution in [1.82, 2.24) is 15.1 Å². The molecule has 3 aromatic rings. The van der Waals surface area contributed by atoms with E-state index in [1.165, 1.54) is 6.07 Å². The lowest BCUT2D eigenvalue weighted by molar-refractivity contribution is -0.384. The van der Waals surface area contributed by atoms with Crippen LogP contribution in [0.3, 0.4) is 0 Å². The molecule has 3 rings (SSSR count). The molecule has 0 aliphatic heterocycles. The molecule has 0 aliphatic rings. The quantitative estimate of drug-likeness (QED) is 0.302. The normalized spacial score (nSPS) is 11.0. The van der Waals surface area contributed by atoms with E-state index in [1.807, 2.05) is 56.6 Å². The summed E-state index contributed by atoms with van der Waals surface area (Å²) in [5, 5.41) is 22.6. The number of hydrogen-bond acceptors (Lipinski definition) is 8. The Morgan fingerprint density at radius 2 is 1.90 bits per heavy atom. The first-order valence-corrected chi connectivity index (χ1v) is 10.3. The van der Waals surface area contributed by atoms with Crippen molar-refractivity contribution in [3.8, 4) is 11.3 Å². The van der Waals surface area contributed by atoms with Gasteiger partial charge in [-0.15, -0.1) is 10.2 Å². The van der Waals surface area contributed by atoms with E-state index in [2.05, 4.69) is 20.4 Å². The zero-order chi connectivity index (χ0) is 20.6. The van der Waals surface area contributed by atoms with Crippen LogP contribution in [0.5, 0.6) is 0 Å². The number of anilines is 1. The number of aromatic nitrogens is 2. The second-order valence-electron chi connectivity index (χ2n) is 6.67. The van der Waals surface area contributed by atoms with Crippen LogP contribution in [-0.2, 0) is 12.3 Å². The fraction of sp³-hybridized carbons (Fsp3) is 0.300. The van der Waals surface area contributed by atoms with Crippen molar-refractivity contribution in [2.24, 2.45) is 0 Å². The molecule has 0 bridgehead atoms. The molecule has 0 saturated carbocycles. The minimum atomic E-state index is -0.439. The summed E-state index contributed by atoms with van der Waals surface area (Å²) < 4.78 is 5.77. The maximum absolute atomic E-state index is 11.4. The van der Waals surface area contributed by atoms with E-state index in [0.29, 0.717) is 12.2 Å². The Hall–Kier alpha value is -2.91. The minimum absolute atomic E-state index is 0.0804. The number of thioether (sulfide) groups is 1. The van der Waals surface area contributed by atoms with Gasteiger partial charge in [0.25, 0.3) is 0 Å². The highest BCUT2D eigenvalue weighted by Crippen LogP contribution is 2.26. The summed E-state index contributed by atoms with van der Waals surface area (Å²) in [4.78, 5) is 13.0. The van der Waals surface area contributed by atoms with Gasteiger partial charge in [-0.25, -0.2) is 0 Å². The van der Waals surface area contributed by atoms with Crippen LogP contribution in [0.1, 0.15) is 11.5 Å². The SMILES string of the molecule is CN(C)Cc1ccc(CSCCNc2nnc(-c3ccccc3)cc2[N+](=O)[O-])o1. The first-order chi connectivity index (χ1) is 14.0. The highest BCUT2D eigenvalue weighted by Gasteiger charge is 2.18. The minimum Gasteiger partial charge on any atom is -0.464 e. The van der Waals surface area contributed by atoms with Crippen molar-refractivity contribution in [2.45, 2.75) is 12.3 Å². The van der Waals surface area contributed by atoms with Gasteiger partial charge < -0.3 is 14.6 Å². The molecule has 0 spiro atoms. The first kappa shape index (κ1) is 20.8. The van der Waals surface area contributed by atoms with Gasteiger partial charge in [-0.1, -0.05) is 30.3 Å². The van der Waals surface area contributed by atoms with Crippen LogP contribution in [0, 0.1) is 10.1 Å². The predicted molar refractivity (Wildman–Crippen MR) is 115 cm³/mol. The predicted octanol–water partition coefficient (Wildman–Crippen LogP) is 4.05. The van der Waals surface area contributed by atoms with Crippen LogP contribution in [-0.4, -0.2) is 46.4 Å². The molecule has 0 radical (unpaired) electrons. The van der Waals surface area contributed by atoms with Crippen LogP contribution in [0.4, 0.5) is 11.5 Å². The van der Waals surface area contributed by atoms with Crippen LogP contribution >= 0.6 is 11.8 Å². The van der Waals surface area contributed by atoms with E-state index in [-0.39, 0.29) is 11.5 Å². The average Bonchev–Trinajstić information content (AvgIpc) is 3.15. The van der Waals surface area contributed by atoms with Crippen molar-refractivity contribution in [1.29, 1.82) is 0 Å². The van der Waals surface area contributed by atoms with E-state index in [4.69, 9.17) is 4.42 Å². The summed E-state index contributed by atoms with van der Waals surface area (Å²) in [6, 6.07) is 14.7. The molecular formula is C20H23N5O3S. The van der Waals surface area contributed by atoms with Crippen LogP contribution < -0.4 is 5.32 Å². The molecule has 9 heteroatoms. The standard InChI is InChI=1S/C20H23N5O3S/c1-24(2)13-16-8-9-17(28-16)14-29-11-10-21-20-19(25(26)27)12-18(22-23-20)15-6-4-3-5-7-15/h3-9,12H,10-11,13-14H2,1-2H3,(H,21,23). The molecule has 152 valence electrons. The van der Waals surface area contributed by atoms with Crippen molar-refractivity contribution in [3.05, 3.63) is 70.2 Å². The third kappa shape index (κ3) is 6.03. The molecule has 2 heterocycles. The van der Waals surface area contributed by atoms with Gasteiger partial charge in [-0.05, 0) is 26.2 Å². The lowest BCUT2D eigenvalue weighted by atomic mass is 10.1. The Balaban J connectivity index is 1.52. The average molecular weight is 414 g/mol. The maximum Gasteiger partial charge on any atom is 0.315 e. The molecule has 0 saturated heterocycles. The van der Waals surface area contributed by atoms with Gasteiger partial charge >= 0.3 is 5.69 Å². The number of furan rings is 1. The lowest BCUT2D eigenvalue weighted by Gasteiger charge is -2.07. The number of nitro groups is 1. The number of nitrogens with zero attached hydrogens (tertiary/aromatic N) is 4. The summed E-state index contributed by atoms with van der Waals surface area (Å²) in [5.74, 6) is 3.54. The van der Waals surface area contributed by atoms with Crippen LogP contribution in [0.15, 0.2) is 52.9 Å². The number of hydrogen-bond donors (Lipinski definition) is 1. The largest absolute Gasteiger partial charge is 0.464 e. The number of rotatable bonds is 10. The summed E-state index contributed by atoms with van der Waals surface area (Å²) in [6.07, 6.45) is 0. The van der Waals surface area contributed by atoms with E-state index in [1.54, 1.807) is 11.8 Å². The summed E-state index contributed by atoms with van der Waals surface area (Å²) in [6.45, 7) is 1.31. The molecule has 2 aromatic heterocycles. The molecule has 0 fully saturated rings. The molecule has 8 nitrogen and oxygen atoms in total. The molecule has 1 N–H and O–H groups in total. The summed E-state index contributed by atoms with van der Waals surface area (Å²) in [7, 11) is 3.99. The van der Waals surface area contributed by atoms with Crippen LogP contribution in [0.2, 0.25) is 0 Å². The molecule has 1 aromatic carbocycles. The Kier molecular flexibility index (Phi) is 7.20. The molecule has 0 amide bonds. The van der Waals surface area contributed by atoms with Gasteiger partial charge in [0, 0.05) is 23.9 Å². The van der Waals surface area contributed by atoms with Crippen molar-refractivity contribution < 1.29 is 9.34 Å². The van der Waals surface area contributed by atoms with Crippen LogP contribution in [0.25, 0.3) is 11.3 Å². The summed E-state index contributed by atoms with van der Waals surface area (Å²) >= 11 is 1.68. The van der Waals surface area contributed by atoms with E-state index < -0.39 is 4.92 Å². The number of benzene rings is 1. The van der Waals surface area contributed by atoms with E-state index >= 15 is 0 Å². The van der Waals surface area contributed by atoms with Gasteiger partial charge in [-0.2, -0.15) is 11.8 Å². The lowest BCUT2D eigenvalue weighted by Crippen LogP contribution is -2.09. The summed E-state index contributed by atoms with van der Waals surface area (Å²) in [5.41, 5.74) is 1.18. The molecule has 0 atom stereocenters. The molecular weight excluding hydrogens is 390 g/mol. The van der Waals surface area contributed by atoms with Gasteiger partial charge in [0.2, 0.25) is 5.82 Å². The smallest absolute Gasteiger partial charge is 0.315 e. The first-order valence-electron chi connectivity index (χ1n) is 9.14. The topological polar surface area (TPSA) is 97.3 Å². The Labute approximate surface area is 173 Å².